The number of aliphatic carboxylic acids is 1. The maximum Gasteiger partial charge on any atom is 0.311 e. The van der Waals surface area contributed by atoms with Crippen molar-refractivity contribution in [3.63, 3.8) is 0 Å². The summed E-state index contributed by atoms with van der Waals surface area (Å²) in [5.74, 6) is -1.58. The number of benzene rings is 2. The molecular formula is C22H23NO4S. The second-order valence-corrected chi connectivity index (χ2v) is 8.89. The van der Waals surface area contributed by atoms with Crippen molar-refractivity contribution in [2.24, 2.45) is 0 Å². The number of hydrogen-bond donors (Lipinski definition) is 1. The molecule has 1 atom stereocenters. The topological polar surface area (TPSA) is 76.4 Å². The molecule has 1 N–H and O–H groups in total. The summed E-state index contributed by atoms with van der Waals surface area (Å²) in [6, 6.07) is 16.4. The van der Waals surface area contributed by atoms with Crippen LogP contribution in [-0.2, 0) is 14.6 Å². The third kappa shape index (κ3) is 3.73. The van der Waals surface area contributed by atoms with Crippen LogP contribution >= 0.6 is 0 Å². The molecule has 0 aliphatic carbocycles. The van der Waals surface area contributed by atoms with E-state index < -0.39 is 21.7 Å². The summed E-state index contributed by atoms with van der Waals surface area (Å²) in [4.78, 5) is 12.1. The van der Waals surface area contributed by atoms with Gasteiger partial charge in [-0.2, -0.15) is 0 Å². The molecule has 0 aliphatic heterocycles. The molecule has 0 spiro atoms. The van der Waals surface area contributed by atoms with Gasteiger partial charge < -0.3 is 9.67 Å². The van der Waals surface area contributed by atoms with Crippen molar-refractivity contribution >= 4 is 15.8 Å². The molecule has 5 nitrogen and oxygen atoms in total. The molecular weight excluding hydrogens is 374 g/mol. The maximum absolute atomic E-state index is 12.1. The Kier molecular flexibility index (Phi) is 5.42. The molecule has 0 bridgehead atoms. The maximum atomic E-state index is 12.1. The number of sulfone groups is 1. The summed E-state index contributed by atoms with van der Waals surface area (Å²) in [7, 11) is -3.39. The van der Waals surface area contributed by atoms with Crippen LogP contribution in [0.5, 0.6) is 0 Å². The molecule has 1 aromatic heterocycles. The predicted molar refractivity (Wildman–Crippen MR) is 110 cm³/mol. The number of aryl methyl sites for hydroxylation is 1. The summed E-state index contributed by atoms with van der Waals surface area (Å²) in [5, 5.41) is 9.73. The number of carbonyl (C=O) groups is 1. The second kappa shape index (κ2) is 7.64. The Hall–Kier alpha value is -2.86. The highest BCUT2D eigenvalue weighted by Gasteiger charge is 2.26. The van der Waals surface area contributed by atoms with Gasteiger partial charge in [-0.05, 0) is 54.8 Å². The van der Waals surface area contributed by atoms with Crippen molar-refractivity contribution in [2.45, 2.75) is 31.1 Å². The normalized spacial score (nSPS) is 12.7. The van der Waals surface area contributed by atoms with Crippen LogP contribution in [0.25, 0.3) is 16.9 Å². The van der Waals surface area contributed by atoms with Crippen molar-refractivity contribution in [2.75, 3.05) is 6.26 Å². The molecule has 0 fully saturated rings. The van der Waals surface area contributed by atoms with E-state index in [1.54, 1.807) is 18.2 Å². The van der Waals surface area contributed by atoms with Crippen LogP contribution in [0.2, 0.25) is 0 Å². The first-order valence-electron chi connectivity index (χ1n) is 9.04. The summed E-state index contributed by atoms with van der Waals surface area (Å²) >= 11 is 0. The number of aromatic nitrogens is 1. The standard InChI is InChI=1S/C22H23NO4S/c1-4-18(22(24)25)19-12-13-23(16-8-6-5-7-9-16)21(19)20-14-17(28(3,26)27)11-10-15(20)2/h5-14,18H,4H2,1-3H3,(H,24,25). The summed E-state index contributed by atoms with van der Waals surface area (Å²) in [5.41, 5.74) is 3.86. The molecule has 146 valence electrons. The molecule has 1 heterocycles. The van der Waals surface area contributed by atoms with Gasteiger partial charge in [0.05, 0.1) is 16.5 Å². The molecule has 0 radical (unpaired) electrons. The quantitative estimate of drug-likeness (QED) is 0.667. The molecule has 3 rings (SSSR count). The number of nitrogens with zero attached hydrogens (tertiary/aromatic N) is 1. The first-order chi connectivity index (χ1) is 13.2. The Labute approximate surface area is 165 Å². The molecule has 0 aliphatic rings. The molecule has 0 saturated heterocycles. The van der Waals surface area contributed by atoms with Gasteiger partial charge >= 0.3 is 5.97 Å². The number of para-hydroxylation sites is 1. The average Bonchev–Trinajstić information content (AvgIpc) is 3.06. The van der Waals surface area contributed by atoms with Gasteiger partial charge in [0.25, 0.3) is 0 Å². The first-order valence-corrected chi connectivity index (χ1v) is 10.9. The minimum Gasteiger partial charge on any atom is -0.481 e. The van der Waals surface area contributed by atoms with E-state index in [0.29, 0.717) is 23.2 Å². The highest BCUT2D eigenvalue weighted by Crippen LogP contribution is 2.37. The summed E-state index contributed by atoms with van der Waals surface area (Å²) in [6.07, 6.45) is 3.45. The smallest absolute Gasteiger partial charge is 0.311 e. The van der Waals surface area contributed by atoms with Crippen LogP contribution in [0.15, 0.2) is 65.7 Å². The Morgan fingerprint density at radius 3 is 2.36 bits per heavy atom. The van der Waals surface area contributed by atoms with Gasteiger partial charge in [0, 0.05) is 23.7 Å². The van der Waals surface area contributed by atoms with Crippen LogP contribution in [0, 0.1) is 6.92 Å². The lowest BCUT2D eigenvalue weighted by atomic mass is 9.92. The van der Waals surface area contributed by atoms with Crippen LogP contribution in [0.3, 0.4) is 0 Å². The Morgan fingerprint density at radius 2 is 1.79 bits per heavy atom. The van der Waals surface area contributed by atoms with Crippen molar-refractivity contribution in [3.8, 4) is 16.9 Å². The van der Waals surface area contributed by atoms with Gasteiger partial charge in [0.1, 0.15) is 0 Å². The molecule has 1 unspecified atom stereocenters. The van der Waals surface area contributed by atoms with E-state index in [-0.39, 0.29) is 4.90 Å². The Balaban J connectivity index is 2.35. The zero-order valence-electron chi connectivity index (χ0n) is 16.1. The third-order valence-electron chi connectivity index (χ3n) is 4.93. The lowest BCUT2D eigenvalue weighted by Crippen LogP contribution is -2.12. The zero-order chi connectivity index (χ0) is 20.5. The van der Waals surface area contributed by atoms with Gasteiger partial charge in [-0.15, -0.1) is 0 Å². The molecule has 6 heteroatoms. The minimum absolute atomic E-state index is 0.211. The number of hydrogen-bond acceptors (Lipinski definition) is 3. The lowest BCUT2D eigenvalue weighted by Gasteiger charge is -2.18. The van der Waals surface area contributed by atoms with E-state index in [4.69, 9.17) is 0 Å². The zero-order valence-corrected chi connectivity index (χ0v) is 16.9. The Morgan fingerprint density at radius 1 is 1.11 bits per heavy atom. The molecule has 0 amide bonds. The van der Waals surface area contributed by atoms with E-state index in [9.17, 15) is 18.3 Å². The summed E-state index contributed by atoms with van der Waals surface area (Å²) in [6.45, 7) is 3.73. The highest BCUT2D eigenvalue weighted by molar-refractivity contribution is 7.90. The van der Waals surface area contributed by atoms with Crippen molar-refractivity contribution in [3.05, 3.63) is 71.9 Å². The SMILES string of the molecule is CCC(C(=O)O)c1ccn(-c2ccccc2)c1-c1cc(S(C)(=O)=O)ccc1C. The second-order valence-electron chi connectivity index (χ2n) is 6.87. The van der Waals surface area contributed by atoms with E-state index >= 15 is 0 Å². The van der Waals surface area contributed by atoms with Gasteiger partial charge in [-0.25, -0.2) is 8.42 Å². The fraction of sp³-hybridized carbons (Fsp3) is 0.227. The fourth-order valence-corrected chi connectivity index (χ4v) is 4.08. The fourth-order valence-electron chi connectivity index (χ4n) is 3.43. The van der Waals surface area contributed by atoms with Gasteiger partial charge in [-0.3, -0.25) is 4.79 Å². The largest absolute Gasteiger partial charge is 0.481 e. The van der Waals surface area contributed by atoms with Gasteiger partial charge in [-0.1, -0.05) is 31.2 Å². The van der Waals surface area contributed by atoms with Crippen molar-refractivity contribution in [1.82, 2.24) is 4.57 Å². The van der Waals surface area contributed by atoms with E-state index in [1.807, 2.05) is 61.0 Å². The molecule has 3 aromatic rings. The van der Waals surface area contributed by atoms with E-state index in [0.717, 1.165) is 11.3 Å². The molecule has 28 heavy (non-hydrogen) atoms. The summed E-state index contributed by atoms with van der Waals surface area (Å²) < 4.78 is 26.1. The van der Waals surface area contributed by atoms with E-state index in [1.165, 1.54) is 6.26 Å². The third-order valence-corrected chi connectivity index (χ3v) is 6.04. The monoisotopic (exact) mass is 397 g/mol. The number of carboxylic acids is 1. The number of carboxylic acid groups (broad SMARTS) is 1. The van der Waals surface area contributed by atoms with Gasteiger partial charge in [0.15, 0.2) is 9.84 Å². The number of rotatable bonds is 6. The highest BCUT2D eigenvalue weighted by atomic mass is 32.2. The molecule has 0 saturated carbocycles. The van der Waals surface area contributed by atoms with Crippen LogP contribution in [0.1, 0.15) is 30.4 Å². The Bertz CT molecular complexity index is 1110. The van der Waals surface area contributed by atoms with Crippen LogP contribution < -0.4 is 0 Å². The van der Waals surface area contributed by atoms with Crippen LogP contribution in [0.4, 0.5) is 0 Å². The minimum atomic E-state index is -3.39. The lowest BCUT2D eigenvalue weighted by molar-refractivity contribution is -0.138. The van der Waals surface area contributed by atoms with Crippen molar-refractivity contribution < 1.29 is 18.3 Å². The van der Waals surface area contributed by atoms with Crippen LogP contribution in [-0.4, -0.2) is 30.3 Å². The predicted octanol–water partition coefficient (Wildman–Crippen LogP) is 4.43. The average molecular weight is 397 g/mol. The van der Waals surface area contributed by atoms with Crippen molar-refractivity contribution in [1.29, 1.82) is 0 Å². The van der Waals surface area contributed by atoms with E-state index in [2.05, 4.69) is 0 Å². The van der Waals surface area contributed by atoms with Gasteiger partial charge in [0.2, 0.25) is 0 Å². The molecule has 2 aromatic carbocycles. The first kappa shape index (κ1) is 19.9.